The number of hydrogen-bond acceptors (Lipinski definition) is 2. The van der Waals surface area contributed by atoms with Crippen molar-refractivity contribution in [2.45, 2.75) is 39.2 Å². The van der Waals surface area contributed by atoms with Crippen LogP contribution in [0, 0.1) is 13.8 Å². The van der Waals surface area contributed by atoms with Gasteiger partial charge in [0.1, 0.15) is 5.78 Å². The third-order valence-electron chi connectivity index (χ3n) is 3.30. The number of carbonyl (C=O) groups is 1. The van der Waals surface area contributed by atoms with Gasteiger partial charge in [0.2, 0.25) is 0 Å². The maximum atomic E-state index is 11.6. The summed E-state index contributed by atoms with van der Waals surface area (Å²) in [6.07, 6.45) is 1.05. The number of ether oxygens (including phenoxy) is 1. The standard InChI is InChI=1S/C14H18O2/c1-10-4-5-11(2)13(8-10)14(3)9-12(15)6-7-16-14/h4-5,8H,6-7,9H2,1-3H3. The van der Waals surface area contributed by atoms with E-state index in [1.54, 1.807) is 0 Å². The van der Waals surface area contributed by atoms with Crippen molar-refractivity contribution in [3.05, 3.63) is 34.9 Å². The van der Waals surface area contributed by atoms with Crippen LogP contribution >= 0.6 is 0 Å². The summed E-state index contributed by atoms with van der Waals surface area (Å²) in [6, 6.07) is 6.32. The Morgan fingerprint density at radius 3 is 2.75 bits per heavy atom. The summed E-state index contributed by atoms with van der Waals surface area (Å²) in [7, 11) is 0. The zero-order chi connectivity index (χ0) is 11.8. The summed E-state index contributed by atoms with van der Waals surface area (Å²) in [5, 5.41) is 0. The second-order valence-corrected chi connectivity index (χ2v) is 4.86. The first-order valence-corrected chi connectivity index (χ1v) is 5.75. The molecule has 0 bridgehead atoms. The molecule has 1 aromatic rings. The van der Waals surface area contributed by atoms with Crippen LogP contribution in [0.2, 0.25) is 0 Å². The normalized spacial score (nSPS) is 25.8. The van der Waals surface area contributed by atoms with Gasteiger partial charge >= 0.3 is 0 Å². The van der Waals surface area contributed by atoms with Crippen molar-refractivity contribution < 1.29 is 9.53 Å². The average Bonchev–Trinajstić information content (AvgIpc) is 2.21. The Hall–Kier alpha value is -1.15. The Labute approximate surface area is 96.6 Å². The number of Topliss-reactive ketones (excluding diaryl/α,β-unsaturated/α-hetero) is 1. The lowest BCUT2D eigenvalue weighted by Crippen LogP contribution is -2.35. The molecule has 86 valence electrons. The summed E-state index contributed by atoms with van der Waals surface area (Å²) in [4.78, 5) is 11.6. The lowest BCUT2D eigenvalue weighted by Gasteiger charge is -2.34. The highest BCUT2D eigenvalue weighted by atomic mass is 16.5. The average molecular weight is 218 g/mol. The van der Waals surface area contributed by atoms with Gasteiger partial charge in [-0.3, -0.25) is 4.79 Å². The van der Waals surface area contributed by atoms with Crippen LogP contribution in [-0.2, 0) is 15.1 Å². The van der Waals surface area contributed by atoms with Crippen LogP contribution in [0.5, 0.6) is 0 Å². The maximum absolute atomic E-state index is 11.6. The molecule has 1 heterocycles. The van der Waals surface area contributed by atoms with Crippen LogP contribution in [0.1, 0.15) is 36.5 Å². The molecule has 1 saturated heterocycles. The molecule has 2 heteroatoms. The van der Waals surface area contributed by atoms with Crippen LogP contribution in [-0.4, -0.2) is 12.4 Å². The maximum Gasteiger partial charge on any atom is 0.138 e. The molecule has 1 atom stereocenters. The molecule has 0 spiro atoms. The van der Waals surface area contributed by atoms with E-state index in [2.05, 4.69) is 32.0 Å². The quantitative estimate of drug-likeness (QED) is 0.724. The molecular formula is C14H18O2. The van der Waals surface area contributed by atoms with Crippen molar-refractivity contribution in [3.8, 4) is 0 Å². The number of hydrogen-bond donors (Lipinski definition) is 0. The van der Waals surface area contributed by atoms with Gasteiger partial charge in [0.15, 0.2) is 0 Å². The van der Waals surface area contributed by atoms with Gasteiger partial charge in [-0.1, -0.05) is 23.8 Å². The summed E-state index contributed by atoms with van der Waals surface area (Å²) >= 11 is 0. The molecule has 0 amide bonds. The molecular weight excluding hydrogens is 200 g/mol. The van der Waals surface area contributed by atoms with E-state index in [1.807, 2.05) is 6.92 Å². The van der Waals surface area contributed by atoms with Gasteiger partial charge in [0.05, 0.1) is 12.2 Å². The van der Waals surface area contributed by atoms with Crippen LogP contribution in [0.4, 0.5) is 0 Å². The summed E-state index contributed by atoms with van der Waals surface area (Å²) in [6.45, 7) is 6.70. The van der Waals surface area contributed by atoms with Crippen LogP contribution < -0.4 is 0 Å². The third kappa shape index (κ3) is 2.03. The molecule has 1 aliphatic rings. The molecule has 0 aliphatic carbocycles. The van der Waals surface area contributed by atoms with Crippen molar-refractivity contribution in [1.82, 2.24) is 0 Å². The van der Waals surface area contributed by atoms with Gasteiger partial charge in [-0.2, -0.15) is 0 Å². The Morgan fingerprint density at radius 2 is 2.06 bits per heavy atom. The van der Waals surface area contributed by atoms with Gasteiger partial charge in [-0.25, -0.2) is 0 Å². The fourth-order valence-corrected chi connectivity index (χ4v) is 2.38. The SMILES string of the molecule is Cc1ccc(C)c(C2(C)CC(=O)CCO2)c1. The first-order chi connectivity index (χ1) is 7.51. The molecule has 0 aromatic heterocycles. The zero-order valence-corrected chi connectivity index (χ0v) is 10.2. The number of benzene rings is 1. The van der Waals surface area contributed by atoms with Crippen molar-refractivity contribution in [1.29, 1.82) is 0 Å². The molecule has 0 saturated carbocycles. The van der Waals surface area contributed by atoms with E-state index in [4.69, 9.17) is 4.74 Å². The van der Waals surface area contributed by atoms with E-state index in [0.717, 1.165) is 5.56 Å². The number of rotatable bonds is 1. The monoisotopic (exact) mass is 218 g/mol. The molecule has 0 N–H and O–H groups in total. The second-order valence-electron chi connectivity index (χ2n) is 4.86. The first-order valence-electron chi connectivity index (χ1n) is 5.75. The second kappa shape index (κ2) is 4.02. The predicted octanol–water partition coefficient (Wildman–Crippen LogP) is 2.90. The van der Waals surface area contributed by atoms with E-state index in [9.17, 15) is 4.79 Å². The van der Waals surface area contributed by atoms with Gasteiger partial charge in [0.25, 0.3) is 0 Å². The fourth-order valence-electron chi connectivity index (χ4n) is 2.38. The van der Waals surface area contributed by atoms with E-state index in [-0.39, 0.29) is 0 Å². The van der Waals surface area contributed by atoms with Crippen molar-refractivity contribution in [2.75, 3.05) is 6.61 Å². The first kappa shape index (κ1) is 11.3. The Morgan fingerprint density at radius 1 is 1.31 bits per heavy atom. The molecule has 2 rings (SSSR count). The van der Waals surface area contributed by atoms with Crippen LogP contribution in [0.3, 0.4) is 0 Å². The minimum Gasteiger partial charge on any atom is -0.370 e. The number of carbonyl (C=O) groups excluding carboxylic acids is 1. The van der Waals surface area contributed by atoms with Crippen molar-refractivity contribution in [3.63, 3.8) is 0 Å². The van der Waals surface area contributed by atoms with Crippen LogP contribution in [0.15, 0.2) is 18.2 Å². The van der Waals surface area contributed by atoms with E-state index in [0.29, 0.717) is 25.2 Å². The molecule has 0 radical (unpaired) electrons. The summed E-state index contributed by atoms with van der Waals surface area (Å²) in [5.41, 5.74) is 3.14. The lowest BCUT2D eigenvalue weighted by molar-refractivity contribution is -0.138. The van der Waals surface area contributed by atoms with Crippen molar-refractivity contribution >= 4 is 5.78 Å². The van der Waals surface area contributed by atoms with E-state index >= 15 is 0 Å². The highest BCUT2D eigenvalue weighted by molar-refractivity contribution is 5.80. The minimum atomic E-state index is -0.425. The minimum absolute atomic E-state index is 0.301. The molecule has 1 fully saturated rings. The summed E-state index contributed by atoms with van der Waals surface area (Å²) in [5.74, 6) is 0.301. The highest BCUT2D eigenvalue weighted by Gasteiger charge is 2.35. The lowest BCUT2D eigenvalue weighted by atomic mass is 9.84. The molecule has 16 heavy (non-hydrogen) atoms. The van der Waals surface area contributed by atoms with Gasteiger partial charge in [-0.05, 0) is 31.9 Å². The van der Waals surface area contributed by atoms with E-state index < -0.39 is 5.60 Å². The van der Waals surface area contributed by atoms with Gasteiger partial charge in [-0.15, -0.1) is 0 Å². The predicted molar refractivity (Wildman–Crippen MR) is 63.5 cm³/mol. The molecule has 1 aromatic carbocycles. The largest absolute Gasteiger partial charge is 0.370 e. The Balaban J connectivity index is 2.41. The third-order valence-corrected chi connectivity index (χ3v) is 3.30. The Kier molecular flexibility index (Phi) is 2.85. The Bertz CT molecular complexity index is 423. The smallest absolute Gasteiger partial charge is 0.138 e. The van der Waals surface area contributed by atoms with E-state index in [1.165, 1.54) is 11.1 Å². The molecule has 1 unspecified atom stereocenters. The zero-order valence-electron chi connectivity index (χ0n) is 10.2. The fraction of sp³-hybridized carbons (Fsp3) is 0.500. The summed E-state index contributed by atoms with van der Waals surface area (Å²) < 4.78 is 5.84. The number of ketones is 1. The van der Waals surface area contributed by atoms with Gasteiger partial charge < -0.3 is 4.74 Å². The molecule has 2 nitrogen and oxygen atoms in total. The van der Waals surface area contributed by atoms with Gasteiger partial charge in [0, 0.05) is 12.8 Å². The van der Waals surface area contributed by atoms with Crippen LogP contribution in [0.25, 0.3) is 0 Å². The number of aryl methyl sites for hydroxylation is 2. The molecule has 1 aliphatic heterocycles. The highest BCUT2D eigenvalue weighted by Crippen LogP contribution is 2.35. The van der Waals surface area contributed by atoms with Crippen molar-refractivity contribution in [2.24, 2.45) is 0 Å². The topological polar surface area (TPSA) is 26.3 Å².